The quantitative estimate of drug-likeness (QED) is 0.0332. The van der Waals surface area contributed by atoms with Crippen molar-refractivity contribution in [1.29, 1.82) is 0 Å². The maximum absolute atomic E-state index is 11.4. The number of rotatable bonds is 27. The van der Waals surface area contributed by atoms with E-state index in [1.807, 2.05) is 52.0 Å². The van der Waals surface area contributed by atoms with Gasteiger partial charge in [0.1, 0.15) is 26.4 Å². The molecule has 2 aliphatic rings. The normalized spacial score (nSPS) is 14.8. The third-order valence-corrected chi connectivity index (χ3v) is 11.8. The lowest BCUT2D eigenvalue weighted by atomic mass is 10.1. The average Bonchev–Trinajstić information content (AvgIpc) is 3.44. The molecule has 0 saturated carbocycles. The summed E-state index contributed by atoms with van der Waals surface area (Å²) in [5, 5.41) is 0. The molecule has 0 N–H and O–H groups in total. The topological polar surface area (TPSA) is 158 Å². The molecule has 2 heterocycles. The fraction of sp³-hybridized carbons (Fsp3) is 0.727. The number of esters is 6. The second kappa shape index (κ2) is 72.3. The molecule has 0 spiro atoms. The summed E-state index contributed by atoms with van der Waals surface area (Å²) in [5.74, 6) is -0.936. The Morgan fingerprint density at radius 2 is 0.654 bits per heavy atom. The van der Waals surface area contributed by atoms with E-state index in [2.05, 4.69) is 50.6 Å². The predicted octanol–water partition coefficient (Wildman–Crippen LogP) is 18.0. The van der Waals surface area contributed by atoms with Crippen molar-refractivity contribution in [2.45, 2.75) is 272 Å². The second-order valence-electron chi connectivity index (χ2n) is 18.7. The molecule has 0 bridgehead atoms. The zero-order valence-electron chi connectivity index (χ0n) is 50.5. The van der Waals surface area contributed by atoms with E-state index in [-0.39, 0.29) is 62.2 Å². The number of carbonyl (C=O) groups is 6. The van der Waals surface area contributed by atoms with E-state index >= 15 is 0 Å². The molecule has 0 amide bonds. The monoisotopic (exact) mass is 1100 g/mol. The van der Waals surface area contributed by atoms with Crippen LogP contribution in [0.4, 0.5) is 0 Å². The SMILES string of the molecule is C=CCCCCC(=O)OCCOC(=O)CCCCC=C.C=CCCCCCCCCC(=O)OCCCCC=C.CC.CC.O=C1CCCCC=CCCCCC(=O)OCCO1.O=C1CCCCCCCCC=CCCCCO1. The average molecular weight is 1100 g/mol. The molecule has 0 aromatic heterocycles. The van der Waals surface area contributed by atoms with Crippen molar-refractivity contribution in [1.82, 2.24) is 0 Å². The molecule has 0 atom stereocenters. The van der Waals surface area contributed by atoms with Crippen LogP contribution in [-0.4, -0.2) is 75.5 Å². The molecule has 0 aromatic rings. The highest BCUT2D eigenvalue weighted by Crippen LogP contribution is 2.13. The Labute approximate surface area is 477 Å². The summed E-state index contributed by atoms with van der Waals surface area (Å²) in [6, 6.07) is 0. The van der Waals surface area contributed by atoms with Crippen LogP contribution < -0.4 is 0 Å². The lowest BCUT2D eigenvalue weighted by Crippen LogP contribution is -2.13. The van der Waals surface area contributed by atoms with Gasteiger partial charge in [-0.2, -0.15) is 0 Å². The number of ether oxygens (including phenoxy) is 6. The smallest absolute Gasteiger partial charge is 0.305 e. The molecule has 0 aliphatic carbocycles. The Hall–Kier alpha value is -4.74. The Balaban J connectivity index is -0.000000458. The van der Waals surface area contributed by atoms with Gasteiger partial charge in [-0.25, -0.2) is 0 Å². The first-order chi connectivity index (χ1) is 38.2. The first kappa shape index (κ1) is 79.7. The number of hydrogen-bond acceptors (Lipinski definition) is 12. The molecule has 0 fully saturated rings. The van der Waals surface area contributed by atoms with Crippen molar-refractivity contribution in [2.24, 2.45) is 0 Å². The van der Waals surface area contributed by atoms with Crippen molar-refractivity contribution in [3.8, 4) is 0 Å². The van der Waals surface area contributed by atoms with Gasteiger partial charge in [-0.15, -0.1) is 26.3 Å². The summed E-state index contributed by atoms with van der Waals surface area (Å²) >= 11 is 0. The molecule has 78 heavy (non-hydrogen) atoms. The Morgan fingerprint density at radius 3 is 1.08 bits per heavy atom. The van der Waals surface area contributed by atoms with Gasteiger partial charge >= 0.3 is 35.8 Å². The van der Waals surface area contributed by atoms with Crippen LogP contribution >= 0.6 is 0 Å². The number of carbonyl (C=O) groups excluding carboxylic acids is 6. The molecule has 12 heteroatoms. The molecule has 12 nitrogen and oxygen atoms in total. The summed E-state index contributed by atoms with van der Waals surface area (Å²) in [6.45, 7) is 24.4. The highest BCUT2D eigenvalue weighted by Gasteiger charge is 2.08. The molecule has 2 rings (SSSR count). The second-order valence-corrected chi connectivity index (χ2v) is 18.7. The highest BCUT2D eigenvalue weighted by molar-refractivity contribution is 5.71. The zero-order chi connectivity index (χ0) is 58.5. The van der Waals surface area contributed by atoms with E-state index in [9.17, 15) is 28.8 Å². The van der Waals surface area contributed by atoms with Crippen molar-refractivity contribution >= 4 is 35.8 Å². The van der Waals surface area contributed by atoms with Crippen LogP contribution in [0.2, 0.25) is 0 Å². The molecule has 0 saturated heterocycles. The summed E-state index contributed by atoms with van der Waals surface area (Å²) in [5.41, 5.74) is 0. The van der Waals surface area contributed by atoms with Gasteiger partial charge in [0, 0.05) is 38.5 Å². The van der Waals surface area contributed by atoms with Gasteiger partial charge in [0.2, 0.25) is 0 Å². The molecule has 452 valence electrons. The van der Waals surface area contributed by atoms with Crippen LogP contribution in [0.15, 0.2) is 74.9 Å². The van der Waals surface area contributed by atoms with E-state index in [4.69, 9.17) is 28.4 Å². The number of cyclic esters (lactones) is 3. The molecular weight excluding hydrogens is 985 g/mol. The number of allylic oxidation sites excluding steroid dienone is 8. The summed E-state index contributed by atoms with van der Waals surface area (Å²) in [6.07, 6.45) is 53.5. The fourth-order valence-electron chi connectivity index (χ4n) is 7.34. The van der Waals surface area contributed by atoms with Gasteiger partial charge in [-0.1, -0.05) is 128 Å². The van der Waals surface area contributed by atoms with Gasteiger partial charge in [-0.3, -0.25) is 28.8 Å². The summed E-state index contributed by atoms with van der Waals surface area (Å²) < 4.78 is 30.2. The van der Waals surface area contributed by atoms with Crippen LogP contribution in [0.5, 0.6) is 0 Å². The maximum Gasteiger partial charge on any atom is 0.305 e. The lowest BCUT2D eigenvalue weighted by molar-refractivity contribution is -0.152. The van der Waals surface area contributed by atoms with E-state index in [1.165, 1.54) is 64.2 Å². The van der Waals surface area contributed by atoms with Gasteiger partial charge in [0.25, 0.3) is 0 Å². The zero-order valence-corrected chi connectivity index (χ0v) is 50.5. The Kier molecular flexibility index (Phi) is 73.9. The van der Waals surface area contributed by atoms with Crippen LogP contribution in [-0.2, 0) is 57.2 Å². The molecule has 2 aliphatic heterocycles. The van der Waals surface area contributed by atoms with Gasteiger partial charge < -0.3 is 28.4 Å². The van der Waals surface area contributed by atoms with Gasteiger partial charge in [0.15, 0.2) is 0 Å². The van der Waals surface area contributed by atoms with Crippen LogP contribution in [0, 0.1) is 0 Å². The van der Waals surface area contributed by atoms with E-state index < -0.39 is 0 Å². The maximum atomic E-state index is 11.4. The van der Waals surface area contributed by atoms with Crippen molar-refractivity contribution in [3.05, 3.63) is 74.9 Å². The largest absolute Gasteiger partial charge is 0.466 e. The molecule has 0 unspecified atom stereocenters. The minimum absolute atomic E-state index is 0.00682. The van der Waals surface area contributed by atoms with E-state index in [1.54, 1.807) is 0 Å². The fourth-order valence-corrected chi connectivity index (χ4v) is 7.34. The first-order valence-corrected chi connectivity index (χ1v) is 30.9. The lowest BCUT2D eigenvalue weighted by Gasteiger charge is -2.06. The van der Waals surface area contributed by atoms with Crippen molar-refractivity contribution in [2.75, 3.05) is 39.6 Å². The van der Waals surface area contributed by atoms with E-state index in [0.717, 1.165) is 141 Å². The standard InChI is InChI=1S/C17H30O2.C16H26O4.C15H26O2.C14H22O4.2C2H6/c1-3-5-7-9-10-11-12-13-15-17(18)19-16-14-8-6-4-2;1-3-5-7-9-11-15(17)19-13-14-20-16(18)12-10-8-6-4-2;16-15-13-11-9-7-5-3-1-2-4-6-8-10-12-14-17-15;15-13-9-7-5-3-1-2-4-6-8-10-14(16)18-12-11-17-13;2*1-2/h3-4H,1-2,5-16H2;3-4H,1-2,5-14H2;4,6H,1-3,5,7-14H2;1-2H,3-12H2;2*1-2H3. The summed E-state index contributed by atoms with van der Waals surface area (Å²) in [7, 11) is 0. The third-order valence-electron chi connectivity index (χ3n) is 11.8. The van der Waals surface area contributed by atoms with Crippen molar-refractivity contribution < 1.29 is 57.2 Å². The first-order valence-electron chi connectivity index (χ1n) is 30.9. The van der Waals surface area contributed by atoms with Crippen LogP contribution in [0.25, 0.3) is 0 Å². The van der Waals surface area contributed by atoms with Crippen LogP contribution in [0.3, 0.4) is 0 Å². The minimum Gasteiger partial charge on any atom is -0.466 e. The van der Waals surface area contributed by atoms with Gasteiger partial charge in [0.05, 0.1) is 13.2 Å². The molecule has 0 radical (unpaired) electrons. The Bertz CT molecular complexity index is 1410. The van der Waals surface area contributed by atoms with Crippen LogP contribution in [0.1, 0.15) is 272 Å². The van der Waals surface area contributed by atoms with Gasteiger partial charge in [-0.05, 0) is 154 Å². The predicted molar refractivity (Wildman–Crippen MR) is 323 cm³/mol. The third kappa shape index (κ3) is 73.3. The number of hydrogen-bond donors (Lipinski definition) is 0. The highest BCUT2D eigenvalue weighted by atomic mass is 16.6. The summed E-state index contributed by atoms with van der Waals surface area (Å²) in [4.78, 5) is 67.9. The minimum atomic E-state index is -0.240. The van der Waals surface area contributed by atoms with Crippen molar-refractivity contribution in [3.63, 3.8) is 0 Å². The van der Waals surface area contributed by atoms with E-state index in [0.29, 0.717) is 51.7 Å². The molecular formula is C66H116O12. The number of unbranched alkanes of at least 4 members (excludes halogenated alkanes) is 12. The molecule has 0 aromatic carbocycles. The Morgan fingerprint density at radius 1 is 0.372 bits per heavy atom.